The number of hydrogen-bond donors (Lipinski definition) is 1. The monoisotopic (exact) mass is 476 g/mol. The molecule has 0 spiro atoms. The van der Waals surface area contributed by atoms with Gasteiger partial charge in [0.25, 0.3) is 10.0 Å². The first-order valence-electron chi connectivity index (χ1n) is 11.3. The van der Waals surface area contributed by atoms with Crippen LogP contribution in [-0.4, -0.2) is 41.6 Å². The second-order valence-electron chi connectivity index (χ2n) is 8.08. The molecule has 0 unspecified atom stereocenters. The molecule has 0 aliphatic rings. The molecule has 1 amide bonds. The van der Waals surface area contributed by atoms with Crippen molar-refractivity contribution in [2.45, 2.75) is 51.3 Å². The lowest BCUT2D eigenvalue weighted by atomic mass is 9.99. The average molecular weight is 477 g/mol. The summed E-state index contributed by atoms with van der Waals surface area (Å²) in [5.74, 6) is 0.873. The van der Waals surface area contributed by atoms with Crippen molar-refractivity contribution in [2.75, 3.05) is 31.6 Å². The normalized spacial score (nSPS) is 12.2. The summed E-state index contributed by atoms with van der Waals surface area (Å²) >= 11 is 0. The lowest BCUT2D eigenvalue weighted by molar-refractivity contribution is -0.119. The third-order valence-corrected chi connectivity index (χ3v) is 7.47. The molecule has 182 valence electrons. The van der Waals surface area contributed by atoms with Crippen LogP contribution in [-0.2, 0) is 14.8 Å². The van der Waals surface area contributed by atoms with Gasteiger partial charge in [0.15, 0.2) is 11.5 Å². The van der Waals surface area contributed by atoms with E-state index in [0.717, 1.165) is 35.6 Å². The fourth-order valence-corrected chi connectivity index (χ4v) is 4.93. The van der Waals surface area contributed by atoms with Gasteiger partial charge in [-0.15, -0.1) is 0 Å². The minimum atomic E-state index is -3.99. The molecule has 8 heteroatoms. The van der Waals surface area contributed by atoms with Crippen molar-refractivity contribution in [3.63, 3.8) is 0 Å². The van der Waals surface area contributed by atoms with Gasteiger partial charge in [0.2, 0.25) is 5.91 Å². The Morgan fingerprint density at radius 2 is 1.70 bits per heavy atom. The highest BCUT2D eigenvalue weighted by molar-refractivity contribution is 7.92. The number of benzene rings is 2. The van der Waals surface area contributed by atoms with Crippen LogP contribution in [0.1, 0.15) is 45.1 Å². The van der Waals surface area contributed by atoms with Gasteiger partial charge >= 0.3 is 0 Å². The summed E-state index contributed by atoms with van der Waals surface area (Å²) in [6.07, 6.45) is 4.20. The second kappa shape index (κ2) is 12.5. The lowest BCUT2D eigenvalue weighted by Gasteiger charge is -2.25. The van der Waals surface area contributed by atoms with Crippen LogP contribution < -0.4 is 19.1 Å². The molecule has 7 nitrogen and oxygen atoms in total. The van der Waals surface area contributed by atoms with Crippen molar-refractivity contribution in [2.24, 2.45) is 5.92 Å². The summed E-state index contributed by atoms with van der Waals surface area (Å²) in [6, 6.07) is 11.4. The highest BCUT2D eigenvalue weighted by Gasteiger charge is 2.28. The molecule has 0 aromatic heterocycles. The van der Waals surface area contributed by atoms with Gasteiger partial charge in [0, 0.05) is 12.6 Å². The Hall–Kier alpha value is -2.74. The van der Waals surface area contributed by atoms with Crippen molar-refractivity contribution in [3.8, 4) is 11.5 Å². The number of nitrogens with one attached hydrogen (secondary N) is 1. The van der Waals surface area contributed by atoms with E-state index in [2.05, 4.69) is 19.2 Å². The molecule has 0 heterocycles. The molecule has 0 saturated heterocycles. The van der Waals surface area contributed by atoms with Crippen LogP contribution in [0.2, 0.25) is 0 Å². The molecule has 0 aliphatic carbocycles. The van der Waals surface area contributed by atoms with E-state index in [1.54, 1.807) is 42.5 Å². The molecule has 33 heavy (non-hydrogen) atoms. The molecule has 0 saturated carbocycles. The third kappa shape index (κ3) is 7.12. The van der Waals surface area contributed by atoms with Crippen molar-refractivity contribution >= 4 is 21.6 Å². The van der Waals surface area contributed by atoms with Gasteiger partial charge in [-0.05, 0) is 43.5 Å². The number of hydrogen-bond acceptors (Lipinski definition) is 5. The Kier molecular flexibility index (Phi) is 10.0. The fourth-order valence-electron chi connectivity index (χ4n) is 3.52. The minimum Gasteiger partial charge on any atom is -0.493 e. The highest BCUT2D eigenvalue weighted by Crippen LogP contribution is 2.33. The third-order valence-electron chi connectivity index (χ3n) is 5.68. The number of aryl methyl sites for hydroxylation is 1. The van der Waals surface area contributed by atoms with Crippen LogP contribution >= 0.6 is 0 Å². The van der Waals surface area contributed by atoms with E-state index in [0.29, 0.717) is 29.6 Å². The zero-order chi connectivity index (χ0) is 24.4. The number of carbonyl (C=O) groups is 1. The largest absolute Gasteiger partial charge is 0.493 e. The van der Waals surface area contributed by atoms with Gasteiger partial charge in [-0.3, -0.25) is 9.10 Å². The Labute approximate surface area is 198 Å². The van der Waals surface area contributed by atoms with E-state index in [4.69, 9.17) is 9.47 Å². The van der Waals surface area contributed by atoms with E-state index in [1.165, 1.54) is 14.2 Å². The molecule has 0 fully saturated rings. The molecule has 1 atom stereocenters. The van der Waals surface area contributed by atoms with Gasteiger partial charge in [0.1, 0.15) is 6.54 Å². The zero-order valence-electron chi connectivity index (χ0n) is 20.3. The zero-order valence-corrected chi connectivity index (χ0v) is 21.1. The number of anilines is 1. The summed E-state index contributed by atoms with van der Waals surface area (Å²) in [4.78, 5) is 13.0. The quantitative estimate of drug-likeness (QED) is 0.459. The van der Waals surface area contributed by atoms with E-state index in [1.807, 2.05) is 6.92 Å². The number of methoxy groups -OCH3 is 2. The van der Waals surface area contributed by atoms with E-state index < -0.39 is 10.0 Å². The molecule has 0 radical (unpaired) electrons. The average Bonchev–Trinajstić information content (AvgIpc) is 2.82. The SMILES string of the molecule is CCCC[C@H](CC)CNC(=O)CN(c1ccc(OC)c(OC)c1)S(=O)(=O)c1ccc(C)cc1. The van der Waals surface area contributed by atoms with Crippen LogP contribution in [0.25, 0.3) is 0 Å². The fraction of sp³-hybridized carbons (Fsp3) is 0.480. The number of ether oxygens (including phenoxy) is 2. The highest BCUT2D eigenvalue weighted by atomic mass is 32.2. The molecule has 2 aromatic carbocycles. The molecule has 2 aromatic rings. The van der Waals surface area contributed by atoms with E-state index in [9.17, 15) is 13.2 Å². The number of rotatable bonds is 13. The minimum absolute atomic E-state index is 0.116. The Morgan fingerprint density at radius 3 is 2.27 bits per heavy atom. The summed E-state index contributed by atoms with van der Waals surface area (Å²) in [5, 5.41) is 2.93. The van der Waals surface area contributed by atoms with Crippen LogP contribution in [0.3, 0.4) is 0 Å². The lowest BCUT2D eigenvalue weighted by Crippen LogP contribution is -2.42. The Balaban J connectivity index is 2.35. The van der Waals surface area contributed by atoms with Crippen molar-refractivity contribution in [1.29, 1.82) is 0 Å². The smallest absolute Gasteiger partial charge is 0.264 e. The maximum Gasteiger partial charge on any atom is 0.264 e. The van der Waals surface area contributed by atoms with Crippen LogP contribution in [0.5, 0.6) is 11.5 Å². The first kappa shape index (κ1) is 26.5. The second-order valence-corrected chi connectivity index (χ2v) is 9.95. The molecule has 1 N–H and O–H groups in total. The van der Waals surface area contributed by atoms with Crippen LogP contribution in [0.4, 0.5) is 5.69 Å². The number of sulfonamides is 1. The van der Waals surface area contributed by atoms with Crippen molar-refractivity contribution in [3.05, 3.63) is 48.0 Å². The summed E-state index contributed by atoms with van der Waals surface area (Å²) < 4.78 is 38.8. The molecule has 0 bridgehead atoms. The topological polar surface area (TPSA) is 84.9 Å². The standard InChI is InChI=1S/C25H36N2O5S/c1-6-8-9-20(7-2)17-26-25(28)18-27(21-12-15-23(31-4)24(16-21)32-5)33(29,30)22-13-10-19(3)11-14-22/h10-16,20H,6-9,17-18H2,1-5H3,(H,26,28)/t20-/m0/s1. The predicted octanol–water partition coefficient (Wildman–Crippen LogP) is 4.54. The number of carbonyl (C=O) groups excluding carboxylic acids is 1. The van der Waals surface area contributed by atoms with Gasteiger partial charge in [-0.2, -0.15) is 0 Å². The van der Waals surface area contributed by atoms with Gasteiger partial charge in [0.05, 0.1) is 24.8 Å². The van der Waals surface area contributed by atoms with Crippen LogP contribution in [0, 0.1) is 12.8 Å². The molecular weight excluding hydrogens is 440 g/mol. The maximum absolute atomic E-state index is 13.5. The number of nitrogens with zero attached hydrogens (tertiary/aromatic N) is 1. The first-order valence-corrected chi connectivity index (χ1v) is 12.8. The Bertz CT molecular complexity index is 1010. The van der Waals surface area contributed by atoms with Crippen molar-refractivity contribution in [1.82, 2.24) is 5.32 Å². The maximum atomic E-state index is 13.5. The molecule has 2 rings (SSSR count). The van der Waals surface area contributed by atoms with Gasteiger partial charge in [-0.25, -0.2) is 8.42 Å². The molecule has 0 aliphatic heterocycles. The summed E-state index contributed by atoms with van der Waals surface area (Å²) in [6.45, 7) is 6.32. The van der Waals surface area contributed by atoms with E-state index in [-0.39, 0.29) is 17.3 Å². The van der Waals surface area contributed by atoms with Crippen molar-refractivity contribution < 1.29 is 22.7 Å². The summed E-state index contributed by atoms with van der Waals surface area (Å²) in [5.41, 5.74) is 1.27. The van der Waals surface area contributed by atoms with Gasteiger partial charge < -0.3 is 14.8 Å². The molecular formula is C25H36N2O5S. The van der Waals surface area contributed by atoms with Gasteiger partial charge in [-0.1, -0.05) is 50.8 Å². The summed E-state index contributed by atoms with van der Waals surface area (Å²) in [7, 11) is -1.00. The first-order chi connectivity index (χ1) is 15.8. The number of unbranched alkanes of at least 4 members (excludes halogenated alkanes) is 1. The van der Waals surface area contributed by atoms with Crippen LogP contribution in [0.15, 0.2) is 47.4 Å². The Morgan fingerprint density at radius 1 is 1.03 bits per heavy atom. The predicted molar refractivity (Wildman–Crippen MR) is 132 cm³/mol. The van der Waals surface area contributed by atoms with E-state index >= 15 is 0 Å². The number of amides is 1.